The second kappa shape index (κ2) is 8.90. The quantitative estimate of drug-likeness (QED) is 0.775. The molecule has 5 heteroatoms. The lowest BCUT2D eigenvalue weighted by Gasteiger charge is -2.13. The molecular formula is C16H25ClN2O2. The van der Waals surface area contributed by atoms with Gasteiger partial charge in [-0.05, 0) is 44.0 Å². The van der Waals surface area contributed by atoms with E-state index in [1.165, 1.54) is 0 Å². The Morgan fingerprint density at radius 2 is 2.05 bits per heavy atom. The molecule has 0 saturated heterocycles. The fraction of sp³-hybridized carbons (Fsp3) is 0.562. The number of carbonyl (C=O) groups excluding carboxylic acids is 1. The van der Waals surface area contributed by atoms with E-state index in [4.69, 9.17) is 16.3 Å². The topological polar surface area (TPSA) is 50.4 Å². The zero-order chi connectivity index (χ0) is 15.8. The maximum Gasteiger partial charge on any atom is 0.257 e. The van der Waals surface area contributed by atoms with Gasteiger partial charge in [0.15, 0.2) is 6.61 Å². The molecule has 0 heterocycles. The average Bonchev–Trinajstić information content (AvgIpc) is 2.44. The first kappa shape index (κ1) is 17.8. The number of carbonyl (C=O) groups is 1. The highest BCUT2D eigenvalue weighted by Gasteiger charge is 2.09. The van der Waals surface area contributed by atoms with Crippen molar-refractivity contribution in [2.75, 3.05) is 20.2 Å². The molecule has 0 aliphatic rings. The molecule has 1 atom stereocenters. The maximum atomic E-state index is 11.6. The predicted octanol–water partition coefficient (Wildman–Crippen LogP) is 3.16. The molecule has 1 aromatic carbocycles. The Hall–Kier alpha value is -1.26. The van der Waals surface area contributed by atoms with E-state index in [-0.39, 0.29) is 18.6 Å². The van der Waals surface area contributed by atoms with Crippen LogP contribution in [-0.2, 0) is 4.79 Å². The molecule has 0 spiro atoms. The van der Waals surface area contributed by atoms with E-state index >= 15 is 0 Å². The Kier molecular flexibility index (Phi) is 7.54. The van der Waals surface area contributed by atoms with Crippen molar-refractivity contribution in [3.8, 4) is 5.75 Å². The van der Waals surface area contributed by atoms with Gasteiger partial charge >= 0.3 is 0 Å². The average molecular weight is 313 g/mol. The van der Waals surface area contributed by atoms with Gasteiger partial charge in [-0.1, -0.05) is 31.5 Å². The predicted molar refractivity (Wildman–Crippen MR) is 86.9 cm³/mol. The number of hydrogen-bond donors (Lipinski definition) is 2. The standard InChI is InChI=1S/C16H25ClN2O2/c1-11(2)7-8-19-16(20)10-21-15-6-5-13(9-14(15)17)12(3)18-4/h5-6,9,11-12,18H,7-8,10H2,1-4H3,(H,19,20). The number of benzene rings is 1. The van der Waals surface area contributed by atoms with Crippen molar-refractivity contribution in [2.45, 2.75) is 33.2 Å². The lowest BCUT2D eigenvalue weighted by molar-refractivity contribution is -0.123. The molecule has 0 aliphatic heterocycles. The third-order valence-electron chi connectivity index (χ3n) is 3.29. The van der Waals surface area contributed by atoms with Crippen molar-refractivity contribution >= 4 is 17.5 Å². The van der Waals surface area contributed by atoms with E-state index in [0.717, 1.165) is 12.0 Å². The van der Waals surface area contributed by atoms with Crippen LogP contribution in [0.4, 0.5) is 0 Å². The van der Waals surface area contributed by atoms with Gasteiger partial charge < -0.3 is 15.4 Å². The fourth-order valence-electron chi connectivity index (χ4n) is 1.76. The van der Waals surface area contributed by atoms with Crippen LogP contribution >= 0.6 is 11.6 Å². The van der Waals surface area contributed by atoms with Crippen LogP contribution in [0.3, 0.4) is 0 Å². The number of halogens is 1. The van der Waals surface area contributed by atoms with Gasteiger partial charge in [-0.2, -0.15) is 0 Å². The van der Waals surface area contributed by atoms with Crippen LogP contribution in [0.15, 0.2) is 18.2 Å². The summed E-state index contributed by atoms with van der Waals surface area (Å²) in [6, 6.07) is 5.82. The summed E-state index contributed by atoms with van der Waals surface area (Å²) in [4.78, 5) is 11.6. The van der Waals surface area contributed by atoms with E-state index in [1.54, 1.807) is 6.07 Å². The van der Waals surface area contributed by atoms with Crippen LogP contribution in [-0.4, -0.2) is 26.1 Å². The highest BCUT2D eigenvalue weighted by atomic mass is 35.5. The van der Waals surface area contributed by atoms with E-state index in [9.17, 15) is 4.79 Å². The summed E-state index contributed by atoms with van der Waals surface area (Å²) in [5.74, 6) is 0.976. The zero-order valence-corrected chi connectivity index (χ0v) is 14.0. The Balaban J connectivity index is 2.46. The van der Waals surface area contributed by atoms with Crippen molar-refractivity contribution in [3.63, 3.8) is 0 Å². The van der Waals surface area contributed by atoms with Crippen LogP contribution in [0.5, 0.6) is 5.75 Å². The van der Waals surface area contributed by atoms with Crippen LogP contribution in [0, 0.1) is 5.92 Å². The van der Waals surface area contributed by atoms with Gasteiger partial charge in [0, 0.05) is 12.6 Å². The minimum Gasteiger partial charge on any atom is -0.482 e. The number of hydrogen-bond acceptors (Lipinski definition) is 3. The van der Waals surface area contributed by atoms with E-state index in [2.05, 4.69) is 24.5 Å². The molecule has 1 rings (SSSR count). The van der Waals surface area contributed by atoms with Crippen molar-refractivity contribution in [1.82, 2.24) is 10.6 Å². The van der Waals surface area contributed by atoms with Crippen LogP contribution in [0.2, 0.25) is 5.02 Å². The molecule has 0 fully saturated rings. The highest BCUT2D eigenvalue weighted by Crippen LogP contribution is 2.27. The number of nitrogens with one attached hydrogen (secondary N) is 2. The Morgan fingerprint density at radius 1 is 1.33 bits per heavy atom. The molecule has 1 unspecified atom stereocenters. The van der Waals surface area contributed by atoms with Crippen molar-refractivity contribution in [1.29, 1.82) is 0 Å². The molecule has 0 radical (unpaired) electrons. The SMILES string of the molecule is CNC(C)c1ccc(OCC(=O)NCCC(C)C)c(Cl)c1. The number of amides is 1. The normalized spacial score (nSPS) is 12.3. The van der Waals surface area contributed by atoms with Crippen molar-refractivity contribution in [3.05, 3.63) is 28.8 Å². The number of ether oxygens (including phenoxy) is 1. The van der Waals surface area contributed by atoms with E-state index < -0.39 is 0 Å². The molecule has 4 nitrogen and oxygen atoms in total. The Bertz CT molecular complexity index is 464. The molecule has 2 N–H and O–H groups in total. The zero-order valence-electron chi connectivity index (χ0n) is 13.2. The van der Waals surface area contributed by atoms with Crippen LogP contribution in [0.25, 0.3) is 0 Å². The molecule has 118 valence electrons. The monoisotopic (exact) mass is 312 g/mol. The van der Waals surface area contributed by atoms with Gasteiger partial charge in [-0.25, -0.2) is 0 Å². The van der Waals surface area contributed by atoms with E-state index in [0.29, 0.717) is 23.2 Å². The van der Waals surface area contributed by atoms with Gasteiger partial charge in [0.25, 0.3) is 5.91 Å². The van der Waals surface area contributed by atoms with Gasteiger partial charge in [0.1, 0.15) is 5.75 Å². The molecule has 0 aromatic heterocycles. The van der Waals surface area contributed by atoms with Crippen molar-refractivity contribution in [2.24, 2.45) is 5.92 Å². The summed E-state index contributed by atoms with van der Waals surface area (Å²) >= 11 is 6.18. The largest absolute Gasteiger partial charge is 0.482 e. The molecule has 1 aromatic rings. The van der Waals surface area contributed by atoms with Gasteiger partial charge in [0.2, 0.25) is 0 Å². The third-order valence-corrected chi connectivity index (χ3v) is 3.59. The summed E-state index contributed by atoms with van der Waals surface area (Å²) in [7, 11) is 1.89. The lowest BCUT2D eigenvalue weighted by atomic mass is 10.1. The number of rotatable bonds is 8. The fourth-order valence-corrected chi connectivity index (χ4v) is 2.01. The van der Waals surface area contributed by atoms with Gasteiger partial charge in [0.05, 0.1) is 5.02 Å². The van der Waals surface area contributed by atoms with Crippen molar-refractivity contribution < 1.29 is 9.53 Å². The van der Waals surface area contributed by atoms with Crippen LogP contribution < -0.4 is 15.4 Å². The van der Waals surface area contributed by atoms with Crippen LogP contribution in [0.1, 0.15) is 38.8 Å². The molecule has 1 amide bonds. The Morgan fingerprint density at radius 3 is 2.62 bits per heavy atom. The Labute approximate surface area is 132 Å². The smallest absolute Gasteiger partial charge is 0.257 e. The summed E-state index contributed by atoms with van der Waals surface area (Å²) in [6.07, 6.45) is 0.961. The first-order valence-corrected chi connectivity index (χ1v) is 7.68. The molecule has 0 bridgehead atoms. The van der Waals surface area contributed by atoms with Gasteiger partial charge in [-0.3, -0.25) is 4.79 Å². The first-order valence-electron chi connectivity index (χ1n) is 7.30. The third kappa shape index (κ3) is 6.36. The first-order chi connectivity index (χ1) is 9.93. The summed E-state index contributed by atoms with van der Waals surface area (Å²) in [5, 5.41) is 6.49. The molecule has 21 heavy (non-hydrogen) atoms. The molecule has 0 saturated carbocycles. The van der Waals surface area contributed by atoms with E-state index in [1.807, 2.05) is 26.1 Å². The second-order valence-corrected chi connectivity index (χ2v) is 5.93. The summed E-state index contributed by atoms with van der Waals surface area (Å²) < 4.78 is 5.46. The minimum absolute atomic E-state index is 0.0151. The summed E-state index contributed by atoms with van der Waals surface area (Å²) in [5.41, 5.74) is 1.08. The lowest BCUT2D eigenvalue weighted by Crippen LogP contribution is -2.30. The van der Waals surface area contributed by atoms with Gasteiger partial charge in [-0.15, -0.1) is 0 Å². The second-order valence-electron chi connectivity index (χ2n) is 5.52. The minimum atomic E-state index is -0.126. The maximum absolute atomic E-state index is 11.6. The molecular weight excluding hydrogens is 288 g/mol. The summed E-state index contributed by atoms with van der Waals surface area (Å²) in [6.45, 7) is 6.95. The highest BCUT2D eigenvalue weighted by molar-refractivity contribution is 6.32. The molecule has 0 aliphatic carbocycles.